The summed E-state index contributed by atoms with van der Waals surface area (Å²) in [5, 5.41) is 3.44. The minimum absolute atomic E-state index is 0.0135. The molecule has 0 fully saturated rings. The molecule has 8 nitrogen and oxygen atoms in total. The summed E-state index contributed by atoms with van der Waals surface area (Å²) in [7, 11) is -2.40. The van der Waals surface area contributed by atoms with Crippen LogP contribution in [0.2, 0.25) is 5.02 Å². The van der Waals surface area contributed by atoms with Gasteiger partial charge in [0, 0.05) is 30.1 Å². The number of methoxy groups -OCH3 is 1. The van der Waals surface area contributed by atoms with Crippen LogP contribution >= 0.6 is 11.6 Å². The van der Waals surface area contributed by atoms with E-state index in [1.807, 2.05) is 44.2 Å². The van der Waals surface area contributed by atoms with E-state index in [0.29, 0.717) is 22.8 Å². The smallest absolute Gasteiger partial charge is 0.244 e. The van der Waals surface area contributed by atoms with Crippen molar-refractivity contribution in [2.45, 2.75) is 45.3 Å². The van der Waals surface area contributed by atoms with E-state index in [1.54, 1.807) is 48.5 Å². The Morgan fingerprint density at radius 1 is 1.00 bits per heavy atom. The van der Waals surface area contributed by atoms with Crippen LogP contribution in [0.3, 0.4) is 0 Å². The van der Waals surface area contributed by atoms with Crippen LogP contribution < -0.4 is 14.4 Å². The number of amides is 2. The maximum atomic E-state index is 14.1. The lowest BCUT2D eigenvalue weighted by atomic mass is 10.0. The number of carbonyl (C=O) groups excluding carboxylic acids is 2. The van der Waals surface area contributed by atoms with Gasteiger partial charge in [0.1, 0.15) is 18.3 Å². The van der Waals surface area contributed by atoms with Gasteiger partial charge in [0.15, 0.2) is 0 Å². The van der Waals surface area contributed by atoms with Gasteiger partial charge in [0.2, 0.25) is 21.8 Å². The van der Waals surface area contributed by atoms with Gasteiger partial charge in [-0.1, -0.05) is 73.1 Å². The molecule has 40 heavy (non-hydrogen) atoms. The Morgan fingerprint density at radius 2 is 1.68 bits per heavy atom. The van der Waals surface area contributed by atoms with Crippen LogP contribution in [0.5, 0.6) is 5.75 Å². The van der Waals surface area contributed by atoms with E-state index < -0.39 is 28.5 Å². The minimum Gasteiger partial charge on any atom is -0.497 e. The van der Waals surface area contributed by atoms with Crippen molar-refractivity contribution in [3.8, 4) is 5.75 Å². The van der Waals surface area contributed by atoms with Crippen molar-refractivity contribution in [2.75, 3.05) is 24.2 Å². The third-order valence-corrected chi connectivity index (χ3v) is 8.10. The summed E-state index contributed by atoms with van der Waals surface area (Å²) in [5.41, 5.74) is 1.77. The summed E-state index contributed by atoms with van der Waals surface area (Å²) in [4.78, 5) is 29.2. The number of hydrogen-bond donors (Lipinski definition) is 1. The van der Waals surface area contributed by atoms with Gasteiger partial charge < -0.3 is 15.0 Å². The lowest BCUT2D eigenvalue weighted by Crippen LogP contribution is -2.54. The third kappa shape index (κ3) is 8.47. The molecule has 0 aliphatic rings. The first-order chi connectivity index (χ1) is 19.0. The van der Waals surface area contributed by atoms with Crippen LogP contribution in [0.15, 0.2) is 78.9 Å². The number of carbonyl (C=O) groups is 2. The number of sulfonamides is 1. The zero-order valence-corrected chi connectivity index (χ0v) is 24.8. The number of rotatable bonds is 13. The first kappa shape index (κ1) is 31.0. The fourth-order valence-electron chi connectivity index (χ4n) is 4.18. The van der Waals surface area contributed by atoms with Gasteiger partial charge in [-0.3, -0.25) is 13.9 Å². The van der Waals surface area contributed by atoms with Crippen molar-refractivity contribution in [3.05, 3.63) is 95.0 Å². The predicted octanol–water partition coefficient (Wildman–Crippen LogP) is 4.67. The van der Waals surface area contributed by atoms with Crippen LogP contribution in [0.1, 0.15) is 31.4 Å². The molecule has 3 aromatic rings. The topological polar surface area (TPSA) is 96.0 Å². The van der Waals surface area contributed by atoms with Gasteiger partial charge in [0.25, 0.3) is 0 Å². The summed E-state index contributed by atoms with van der Waals surface area (Å²) in [6.45, 7) is 3.35. The van der Waals surface area contributed by atoms with Gasteiger partial charge in [0.05, 0.1) is 19.1 Å². The molecule has 1 N–H and O–H groups in total. The van der Waals surface area contributed by atoms with Crippen molar-refractivity contribution >= 4 is 39.1 Å². The molecule has 2 amide bonds. The lowest BCUT2D eigenvalue weighted by Gasteiger charge is -2.34. The molecule has 0 aromatic heterocycles. The van der Waals surface area contributed by atoms with Crippen molar-refractivity contribution in [2.24, 2.45) is 0 Å². The fourth-order valence-corrected chi connectivity index (χ4v) is 5.22. The van der Waals surface area contributed by atoms with Gasteiger partial charge in [-0.2, -0.15) is 0 Å². The molecule has 3 aromatic carbocycles. The number of ether oxygens (including phenoxy) is 1. The summed E-state index contributed by atoms with van der Waals surface area (Å²) >= 11 is 6.47. The highest BCUT2D eigenvalue weighted by atomic mass is 35.5. The number of hydrogen-bond acceptors (Lipinski definition) is 5. The van der Waals surface area contributed by atoms with Gasteiger partial charge in [-0.05, 0) is 42.7 Å². The van der Waals surface area contributed by atoms with Crippen molar-refractivity contribution in [1.29, 1.82) is 0 Å². The van der Waals surface area contributed by atoms with Crippen LogP contribution in [0.25, 0.3) is 0 Å². The molecule has 0 aliphatic carbocycles. The van der Waals surface area contributed by atoms with Gasteiger partial charge in [-0.15, -0.1) is 0 Å². The highest BCUT2D eigenvalue weighted by molar-refractivity contribution is 7.92. The van der Waals surface area contributed by atoms with E-state index in [2.05, 4.69) is 5.32 Å². The molecule has 0 radical (unpaired) electrons. The first-order valence-corrected chi connectivity index (χ1v) is 15.2. The predicted molar refractivity (Wildman–Crippen MR) is 159 cm³/mol. The molecule has 214 valence electrons. The van der Waals surface area contributed by atoms with Crippen molar-refractivity contribution < 1.29 is 22.7 Å². The molecule has 0 bridgehead atoms. The van der Waals surface area contributed by atoms with Gasteiger partial charge >= 0.3 is 0 Å². The Labute approximate surface area is 241 Å². The molecule has 3 rings (SSSR count). The van der Waals surface area contributed by atoms with E-state index in [4.69, 9.17) is 16.3 Å². The lowest BCUT2D eigenvalue weighted by molar-refractivity contribution is -0.140. The normalized spacial score (nSPS) is 12.7. The average Bonchev–Trinajstić information content (AvgIpc) is 2.94. The maximum absolute atomic E-state index is 14.1. The number of nitrogens with one attached hydrogen (secondary N) is 1. The highest BCUT2D eigenvalue weighted by Crippen LogP contribution is 2.25. The minimum atomic E-state index is -3.88. The van der Waals surface area contributed by atoms with E-state index in [1.165, 1.54) is 12.0 Å². The molecular formula is C30H36ClN3O5S. The molecule has 0 saturated carbocycles. The van der Waals surface area contributed by atoms with Crippen LogP contribution in [0.4, 0.5) is 5.69 Å². The first-order valence-electron chi connectivity index (χ1n) is 13.0. The van der Waals surface area contributed by atoms with Crippen LogP contribution in [0, 0.1) is 0 Å². The summed E-state index contributed by atoms with van der Waals surface area (Å²) in [6, 6.07) is 21.9. The standard InChI is InChI=1S/C30H36ClN3O5S/c1-5-22(2)32-30(36)28(18-23-12-7-6-8-13-23)33(20-24-14-9-10-17-27(24)31)29(35)21-34(40(4,37)38)25-15-11-16-26(19-25)39-3/h6-17,19,22,28H,5,18,20-21H2,1-4H3,(H,32,36). The highest BCUT2D eigenvalue weighted by Gasteiger charge is 2.33. The monoisotopic (exact) mass is 585 g/mol. The number of benzene rings is 3. The molecule has 2 unspecified atom stereocenters. The Bertz CT molecular complexity index is 1400. The van der Waals surface area contributed by atoms with Crippen molar-refractivity contribution in [1.82, 2.24) is 10.2 Å². The SMILES string of the molecule is CCC(C)NC(=O)C(Cc1ccccc1)N(Cc1ccccc1Cl)C(=O)CN(c1cccc(OC)c1)S(C)(=O)=O. The largest absolute Gasteiger partial charge is 0.497 e. The van der Waals surface area contributed by atoms with Crippen molar-refractivity contribution in [3.63, 3.8) is 0 Å². The Balaban J connectivity index is 2.07. The van der Waals surface area contributed by atoms with E-state index in [-0.39, 0.29) is 30.6 Å². The summed E-state index contributed by atoms with van der Waals surface area (Å²) < 4.78 is 32.1. The van der Waals surface area contributed by atoms with E-state index in [9.17, 15) is 18.0 Å². The quantitative estimate of drug-likeness (QED) is 0.314. The molecule has 0 heterocycles. The Hall–Kier alpha value is -3.56. The van der Waals surface area contributed by atoms with Crippen LogP contribution in [-0.4, -0.2) is 57.1 Å². The van der Waals surface area contributed by atoms with Crippen LogP contribution in [-0.2, 0) is 32.6 Å². The third-order valence-electron chi connectivity index (χ3n) is 6.59. The second-order valence-corrected chi connectivity index (χ2v) is 11.9. The molecule has 0 saturated heterocycles. The zero-order valence-electron chi connectivity index (χ0n) is 23.2. The molecule has 0 aliphatic heterocycles. The molecular weight excluding hydrogens is 550 g/mol. The van der Waals surface area contributed by atoms with E-state index >= 15 is 0 Å². The zero-order chi connectivity index (χ0) is 29.3. The Morgan fingerprint density at radius 3 is 2.30 bits per heavy atom. The van der Waals surface area contributed by atoms with E-state index in [0.717, 1.165) is 16.1 Å². The molecule has 2 atom stereocenters. The number of anilines is 1. The fraction of sp³-hybridized carbons (Fsp3) is 0.333. The average molecular weight is 586 g/mol. The second-order valence-electron chi connectivity index (χ2n) is 9.61. The van der Waals surface area contributed by atoms with Gasteiger partial charge in [-0.25, -0.2) is 8.42 Å². The number of halogens is 1. The molecule has 10 heteroatoms. The number of nitrogens with zero attached hydrogens (tertiary/aromatic N) is 2. The second kappa shape index (κ2) is 14.2. The summed E-state index contributed by atoms with van der Waals surface area (Å²) in [6.07, 6.45) is 1.98. The molecule has 0 spiro atoms. The Kier molecular flexibility index (Phi) is 11.0. The maximum Gasteiger partial charge on any atom is 0.244 e. The summed E-state index contributed by atoms with van der Waals surface area (Å²) in [5.74, 6) is -0.430.